The Morgan fingerprint density at radius 1 is 0.333 bits per heavy atom. The van der Waals surface area contributed by atoms with Crippen molar-refractivity contribution in [3.8, 4) is 61.3 Å². The molecule has 0 aliphatic rings. The Hall–Kier alpha value is -7.13. The Morgan fingerprint density at radius 2 is 0.789 bits per heavy atom. The summed E-state index contributed by atoms with van der Waals surface area (Å²) in [5.41, 5.74) is 17.0. The van der Waals surface area contributed by atoms with Gasteiger partial charge in [0.05, 0.1) is 16.6 Å². The third-order valence-electron chi connectivity index (χ3n) is 11.4. The Balaban J connectivity index is 1.15. The number of benzene rings is 9. The highest BCUT2D eigenvalue weighted by atomic mass is 35.5. The van der Waals surface area contributed by atoms with Gasteiger partial charge in [0, 0.05) is 48.9 Å². The smallest absolute Gasteiger partial charge is 0.0545 e. The van der Waals surface area contributed by atoms with E-state index in [9.17, 15) is 0 Å². The summed E-state index contributed by atoms with van der Waals surface area (Å²) >= 11 is 7.29. The number of fused-ring (bicyclic) bond motifs is 6. The summed E-state index contributed by atoms with van der Waals surface area (Å²) in [6.07, 6.45) is 0. The molecule has 11 rings (SSSR count). The Labute approximate surface area is 335 Å². The van der Waals surface area contributed by atoms with Crippen LogP contribution in [-0.2, 0) is 0 Å². The molecule has 2 aromatic heterocycles. The van der Waals surface area contributed by atoms with Crippen molar-refractivity contribution in [1.29, 1.82) is 0 Å². The van der Waals surface area contributed by atoms with Crippen molar-refractivity contribution in [1.82, 2.24) is 9.55 Å². The van der Waals surface area contributed by atoms with Gasteiger partial charge in [-0.3, -0.25) is 0 Å². The van der Waals surface area contributed by atoms with Crippen molar-refractivity contribution in [2.24, 2.45) is 0 Å². The molecule has 0 aliphatic heterocycles. The maximum absolute atomic E-state index is 7.29. The molecule has 0 atom stereocenters. The number of nitrogens with one attached hydrogen (secondary N) is 1. The summed E-state index contributed by atoms with van der Waals surface area (Å²) in [5.74, 6) is 0. The average Bonchev–Trinajstić information content (AvgIpc) is 3.82. The lowest BCUT2D eigenvalue weighted by molar-refractivity contribution is 1.18. The van der Waals surface area contributed by atoms with Gasteiger partial charge >= 0.3 is 0 Å². The molecule has 2 nitrogen and oxygen atoms in total. The van der Waals surface area contributed by atoms with Crippen LogP contribution in [0.5, 0.6) is 0 Å². The minimum atomic E-state index is 0.701. The van der Waals surface area contributed by atoms with Crippen molar-refractivity contribution in [3.63, 3.8) is 0 Å². The van der Waals surface area contributed by atoms with Crippen molar-refractivity contribution in [3.05, 3.63) is 211 Å². The highest BCUT2D eigenvalue weighted by Gasteiger charge is 2.19. The lowest BCUT2D eigenvalue weighted by Crippen LogP contribution is -1.95. The molecular weight excluding hydrogens is 712 g/mol. The van der Waals surface area contributed by atoms with Gasteiger partial charge in [-0.25, -0.2) is 0 Å². The van der Waals surface area contributed by atoms with Crippen LogP contribution in [-0.4, -0.2) is 9.55 Å². The summed E-state index contributed by atoms with van der Waals surface area (Å²) in [6.45, 7) is 0. The van der Waals surface area contributed by atoms with Crippen LogP contribution in [0.1, 0.15) is 0 Å². The largest absolute Gasteiger partial charge is 0.354 e. The lowest BCUT2D eigenvalue weighted by atomic mass is 9.94. The summed E-state index contributed by atoms with van der Waals surface area (Å²) < 4.78 is 2.39. The van der Waals surface area contributed by atoms with Crippen LogP contribution in [0, 0.1) is 0 Å². The fourth-order valence-electron chi connectivity index (χ4n) is 8.60. The van der Waals surface area contributed by atoms with E-state index in [1.165, 1.54) is 54.9 Å². The number of aromatic amines is 1. The van der Waals surface area contributed by atoms with Crippen molar-refractivity contribution in [2.45, 2.75) is 0 Å². The minimum absolute atomic E-state index is 0.701. The molecule has 0 saturated carbocycles. The zero-order valence-electron chi connectivity index (χ0n) is 31.0. The first-order chi connectivity index (χ1) is 28.2. The van der Waals surface area contributed by atoms with Gasteiger partial charge in [-0.15, -0.1) is 0 Å². The van der Waals surface area contributed by atoms with Gasteiger partial charge in [0.2, 0.25) is 0 Å². The van der Waals surface area contributed by atoms with Crippen LogP contribution in [0.15, 0.2) is 206 Å². The SMILES string of the molecule is Clc1ccc(-n2c3ccc(-c4ccccc4)cc3c3cc(-c4ccccc4)ccc32)cc1-c1cc(-c2ccccc2)cc2c1[nH]c1ccc(-c3ccccc3)cc12. The van der Waals surface area contributed by atoms with Gasteiger partial charge in [0.25, 0.3) is 0 Å². The number of nitrogens with zero attached hydrogens (tertiary/aromatic N) is 1. The van der Waals surface area contributed by atoms with Crippen LogP contribution < -0.4 is 0 Å². The third-order valence-corrected chi connectivity index (χ3v) is 11.7. The molecule has 11 aromatic rings. The van der Waals surface area contributed by atoms with Gasteiger partial charge in [0.1, 0.15) is 0 Å². The normalized spacial score (nSPS) is 11.6. The minimum Gasteiger partial charge on any atom is -0.354 e. The van der Waals surface area contributed by atoms with E-state index in [4.69, 9.17) is 11.6 Å². The van der Waals surface area contributed by atoms with Crippen molar-refractivity contribution in [2.75, 3.05) is 0 Å². The van der Waals surface area contributed by atoms with E-state index in [0.717, 1.165) is 50.0 Å². The van der Waals surface area contributed by atoms with E-state index >= 15 is 0 Å². The first kappa shape index (κ1) is 33.2. The molecule has 9 aromatic carbocycles. The number of hydrogen-bond donors (Lipinski definition) is 1. The predicted molar refractivity (Wildman–Crippen MR) is 242 cm³/mol. The molecule has 0 aliphatic carbocycles. The molecule has 0 saturated heterocycles. The van der Waals surface area contributed by atoms with E-state index in [2.05, 4.69) is 216 Å². The fourth-order valence-corrected chi connectivity index (χ4v) is 8.82. The second-order valence-corrected chi connectivity index (χ2v) is 15.2. The van der Waals surface area contributed by atoms with E-state index in [-0.39, 0.29) is 0 Å². The lowest BCUT2D eigenvalue weighted by Gasteiger charge is -2.14. The van der Waals surface area contributed by atoms with Crippen LogP contribution in [0.2, 0.25) is 5.02 Å². The monoisotopic (exact) mass is 746 g/mol. The summed E-state index contributed by atoms with van der Waals surface area (Å²) in [6, 6.07) is 74.0. The van der Waals surface area contributed by atoms with E-state index in [0.29, 0.717) is 5.02 Å². The molecule has 0 spiro atoms. The third kappa shape index (κ3) is 5.73. The second-order valence-electron chi connectivity index (χ2n) is 14.8. The Morgan fingerprint density at radius 3 is 1.32 bits per heavy atom. The van der Waals surface area contributed by atoms with Gasteiger partial charge in [-0.2, -0.15) is 0 Å². The quantitative estimate of drug-likeness (QED) is 0.175. The van der Waals surface area contributed by atoms with Crippen LogP contribution >= 0.6 is 11.6 Å². The number of H-pyrrole nitrogens is 1. The summed E-state index contributed by atoms with van der Waals surface area (Å²) in [7, 11) is 0. The van der Waals surface area contributed by atoms with Gasteiger partial charge in [0.15, 0.2) is 0 Å². The molecule has 2 heterocycles. The van der Waals surface area contributed by atoms with Crippen molar-refractivity contribution >= 4 is 55.2 Å². The number of rotatable bonds is 6. The Kier molecular flexibility index (Phi) is 7.91. The summed E-state index contributed by atoms with van der Waals surface area (Å²) in [5, 5.41) is 5.47. The molecular formula is C54H35ClN2. The highest BCUT2D eigenvalue weighted by molar-refractivity contribution is 6.34. The molecule has 1 N–H and O–H groups in total. The second kappa shape index (κ2) is 13.6. The zero-order chi connectivity index (χ0) is 37.9. The number of halogens is 1. The molecule has 57 heavy (non-hydrogen) atoms. The van der Waals surface area contributed by atoms with Gasteiger partial charge < -0.3 is 9.55 Å². The molecule has 0 radical (unpaired) electrons. The molecule has 3 heteroatoms. The molecule has 0 unspecified atom stereocenters. The van der Waals surface area contributed by atoms with E-state index < -0.39 is 0 Å². The Bertz CT molecular complexity index is 3170. The maximum Gasteiger partial charge on any atom is 0.0545 e. The molecule has 0 fully saturated rings. The topological polar surface area (TPSA) is 20.7 Å². The first-order valence-electron chi connectivity index (χ1n) is 19.4. The van der Waals surface area contributed by atoms with Crippen LogP contribution in [0.25, 0.3) is 105 Å². The molecule has 268 valence electrons. The predicted octanol–water partition coefficient (Wildman–Crippen LogP) is 15.4. The van der Waals surface area contributed by atoms with E-state index in [1.54, 1.807) is 0 Å². The van der Waals surface area contributed by atoms with Gasteiger partial charge in [-0.05, 0) is 111 Å². The van der Waals surface area contributed by atoms with Crippen LogP contribution in [0.3, 0.4) is 0 Å². The van der Waals surface area contributed by atoms with Gasteiger partial charge in [-0.1, -0.05) is 151 Å². The average molecular weight is 747 g/mol. The van der Waals surface area contributed by atoms with Crippen LogP contribution in [0.4, 0.5) is 0 Å². The molecule has 0 amide bonds. The number of aromatic nitrogens is 2. The fraction of sp³-hybridized carbons (Fsp3) is 0. The van der Waals surface area contributed by atoms with Crippen molar-refractivity contribution < 1.29 is 0 Å². The van der Waals surface area contributed by atoms with E-state index in [1.807, 2.05) is 0 Å². The summed E-state index contributed by atoms with van der Waals surface area (Å²) in [4.78, 5) is 3.82. The standard InChI is InChI=1S/C54H35ClN2/c55-50-25-24-43(57-52-27-22-40(36-15-7-2-8-16-36)30-46(52)47-31-41(23-28-53(47)57)37-17-9-3-10-18-37)34-44(50)48-32-42(38-19-11-4-12-20-38)33-49-45-29-39(35-13-5-1-6-14-35)21-26-51(45)56-54(48)49/h1-34,56H. The first-order valence-corrected chi connectivity index (χ1v) is 19.7. The zero-order valence-corrected chi connectivity index (χ0v) is 31.7. The number of hydrogen-bond acceptors (Lipinski definition) is 0. The maximum atomic E-state index is 7.29. The highest BCUT2D eigenvalue weighted by Crippen LogP contribution is 2.43. The molecule has 0 bridgehead atoms.